The highest BCUT2D eigenvalue weighted by Crippen LogP contribution is 2.26. The first-order chi connectivity index (χ1) is 9.32. The van der Waals surface area contributed by atoms with Crippen LogP contribution in [0.3, 0.4) is 0 Å². The van der Waals surface area contributed by atoms with Crippen LogP contribution in [0.15, 0.2) is 23.1 Å². The molecule has 6 heteroatoms. The molecule has 20 heavy (non-hydrogen) atoms. The van der Waals surface area contributed by atoms with Gasteiger partial charge >= 0.3 is 0 Å². The monoisotopic (exact) mass is 317 g/mol. The van der Waals surface area contributed by atoms with Gasteiger partial charge in [0, 0.05) is 42.1 Å². The van der Waals surface area contributed by atoms with Gasteiger partial charge in [-0.25, -0.2) is 8.42 Å². The summed E-state index contributed by atoms with van der Waals surface area (Å²) in [6.45, 7) is 4.03. The van der Waals surface area contributed by atoms with E-state index in [1.807, 2.05) is 0 Å². The van der Waals surface area contributed by atoms with Gasteiger partial charge in [-0.2, -0.15) is 0 Å². The van der Waals surface area contributed by atoms with Crippen LogP contribution in [0, 0.1) is 0 Å². The maximum absolute atomic E-state index is 11.8. The predicted octanol–water partition coefficient (Wildman–Crippen LogP) is 2.40. The third-order valence-corrected chi connectivity index (χ3v) is 5.30. The number of nitrogens with one attached hydrogen (secondary N) is 1. The summed E-state index contributed by atoms with van der Waals surface area (Å²) in [5.41, 5.74) is 0.607. The molecule has 0 saturated carbocycles. The number of hydrogen-bond acceptors (Lipinski definition) is 4. The van der Waals surface area contributed by atoms with Crippen LogP contribution in [0.2, 0.25) is 5.02 Å². The molecule has 1 N–H and O–H groups in total. The van der Waals surface area contributed by atoms with Crippen molar-refractivity contribution in [3.63, 3.8) is 0 Å². The van der Waals surface area contributed by atoms with Crippen molar-refractivity contribution in [2.45, 2.75) is 36.7 Å². The van der Waals surface area contributed by atoms with Crippen molar-refractivity contribution in [2.24, 2.45) is 0 Å². The van der Waals surface area contributed by atoms with E-state index in [-0.39, 0.29) is 5.54 Å². The van der Waals surface area contributed by atoms with E-state index in [9.17, 15) is 8.42 Å². The molecule has 1 heterocycles. The van der Waals surface area contributed by atoms with Crippen LogP contribution in [-0.4, -0.2) is 33.4 Å². The second kappa shape index (κ2) is 6.02. The van der Waals surface area contributed by atoms with Crippen molar-refractivity contribution < 1.29 is 13.2 Å². The fraction of sp³-hybridized carbons (Fsp3) is 0.571. The average Bonchev–Trinajstić information content (AvgIpc) is 2.37. The molecule has 0 atom stereocenters. The second-order valence-electron chi connectivity index (χ2n) is 5.52. The van der Waals surface area contributed by atoms with Gasteiger partial charge < -0.3 is 10.1 Å². The van der Waals surface area contributed by atoms with Gasteiger partial charge in [0.1, 0.15) is 0 Å². The third kappa shape index (κ3) is 3.73. The highest BCUT2D eigenvalue weighted by atomic mass is 35.5. The number of rotatable bonds is 4. The lowest BCUT2D eigenvalue weighted by molar-refractivity contribution is 0.0445. The second-order valence-corrected chi connectivity index (χ2v) is 7.91. The molecule has 0 aliphatic carbocycles. The van der Waals surface area contributed by atoms with Crippen molar-refractivity contribution in [2.75, 3.05) is 19.5 Å². The van der Waals surface area contributed by atoms with E-state index < -0.39 is 9.84 Å². The normalized spacial score (nSPS) is 18.9. The molecule has 2 rings (SSSR count). The van der Waals surface area contributed by atoms with E-state index in [0.29, 0.717) is 22.0 Å². The van der Waals surface area contributed by atoms with Gasteiger partial charge in [-0.3, -0.25) is 0 Å². The Morgan fingerprint density at radius 1 is 1.35 bits per heavy atom. The van der Waals surface area contributed by atoms with Crippen LogP contribution in [0.5, 0.6) is 0 Å². The molecule has 1 saturated heterocycles. The minimum absolute atomic E-state index is 0.0355. The first-order valence-electron chi connectivity index (χ1n) is 6.62. The molecule has 0 radical (unpaired) electrons. The zero-order valence-corrected chi connectivity index (χ0v) is 13.4. The average molecular weight is 318 g/mol. The number of hydrogen-bond donors (Lipinski definition) is 1. The Balaban J connectivity index is 2.21. The molecular formula is C14H20ClNO3S. The van der Waals surface area contributed by atoms with E-state index in [1.54, 1.807) is 18.2 Å². The molecule has 112 valence electrons. The number of sulfone groups is 1. The summed E-state index contributed by atoms with van der Waals surface area (Å²) in [5, 5.41) is 3.92. The Morgan fingerprint density at radius 2 is 2.00 bits per heavy atom. The summed E-state index contributed by atoms with van der Waals surface area (Å²) in [7, 11) is -3.28. The third-order valence-electron chi connectivity index (χ3n) is 3.76. The Bertz CT molecular complexity index is 580. The highest BCUT2D eigenvalue weighted by Gasteiger charge is 2.27. The summed E-state index contributed by atoms with van der Waals surface area (Å²) in [4.78, 5) is 0.299. The highest BCUT2D eigenvalue weighted by molar-refractivity contribution is 7.90. The summed E-state index contributed by atoms with van der Waals surface area (Å²) < 4.78 is 29.0. The van der Waals surface area contributed by atoms with Crippen LogP contribution in [0.4, 0.5) is 0 Å². The molecule has 1 aliphatic heterocycles. The van der Waals surface area contributed by atoms with E-state index in [1.165, 1.54) is 6.26 Å². The zero-order chi connectivity index (χ0) is 14.8. The minimum Gasteiger partial charge on any atom is -0.381 e. The molecule has 0 bridgehead atoms. The molecule has 0 amide bonds. The number of ether oxygens (including phenoxy) is 1. The lowest BCUT2D eigenvalue weighted by Gasteiger charge is -2.35. The largest absolute Gasteiger partial charge is 0.381 e. The molecule has 0 aromatic heterocycles. The number of benzene rings is 1. The van der Waals surface area contributed by atoms with Crippen LogP contribution in [0.1, 0.15) is 25.3 Å². The van der Waals surface area contributed by atoms with Crippen molar-refractivity contribution in [3.05, 3.63) is 28.8 Å². The van der Waals surface area contributed by atoms with Gasteiger partial charge in [-0.05, 0) is 31.9 Å². The van der Waals surface area contributed by atoms with Crippen LogP contribution in [0.25, 0.3) is 0 Å². The molecule has 0 spiro atoms. The van der Waals surface area contributed by atoms with Crippen molar-refractivity contribution in [1.29, 1.82) is 0 Å². The van der Waals surface area contributed by atoms with Gasteiger partial charge in [0.2, 0.25) is 0 Å². The van der Waals surface area contributed by atoms with Gasteiger partial charge in [0.15, 0.2) is 9.84 Å². The summed E-state index contributed by atoms with van der Waals surface area (Å²) in [5.74, 6) is 0. The SMILES string of the molecule is CC1(NCc2c(Cl)cccc2S(C)(=O)=O)CCOCC1. The maximum atomic E-state index is 11.8. The summed E-state index contributed by atoms with van der Waals surface area (Å²) >= 11 is 6.17. The minimum atomic E-state index is -3.28. The van der Waals surface area contributed by atoms with Gasteiger partial charge in [0.05, 0.1) is 4.90 Å². The maximum Gasteiger partial charge on any atom is 0.175 e. The molecule has 4 nitrogen and oxygen atoms in total. The number of halogens is 1. The molecule has 0 unspecified atom stereocenters. The van der Waals surface area contributed by atoms with E-state index in [2.05, 4.69) is 12.2 Å². The van der Waals surface area contributed by atoms with Gasteiger partial charge in [0.25, 0.3) is 0 Å². The van der Waals surface area contributed by atoms with Crippen LogP contribution >= 0.6 is 11.6 Å². The Hall–Kier alpha value is -0.620. The van der Waals surface area contributed by atoms with Crippen molar-refractivity contribution >= 4 is 21.4 Å². The lowest BCUT2D eigenvalue weighted by Crippen LogP contribution is -2.46. The predicted molar refractivity (Wildman–Crippen MR) is 79.9 cm³/mol. The molecular weight excluding hydrogens is 298 g/mol. The standard InChI is InChI=1S/C14H20ClNO3S/c1-14(6-8-19-9-7-14)16-10-11-12(15)4-3-5-13(11)20(2,17)18/h3-5,16H,6-10H2,1-2H3. The molecule has 1 aromatic rings. The zero-order valence-electron chi connectivity index (χ0n) is 11.8. The first kappa shape index (κ1) is 15.8. The topological polar surface area (TPSA) is 55.4 Å². The van der Waals surface area contributed by atoms with Crippen molar-refractivity contribution in [3.8, 4) is 0 Å². The lowest BCUT2D eigenvalue weighted by atomic mass is 9.92. The summed E-state index contributed by atoms with van der Waals surface area (Å²) in [6.07, 6.45) is 3.02. The first-order valence-corrected chi connectivity index (χ1v) is 8.89. The van der Waals surface area contributed by atoms with Crippen LogP contribution < -0.4 is 5.32 Å². The van der Waals surface area contributed by atoms with Crippen LogP contribution in [-0.2, 0) is 21.1 Å². The molecule has 1 aromatic carbocycles. The molecule has 1 aliphatic rings. The fourth-order valence-electron chi connectivity index (χ4n) is 2.36. The van der Waals surface area contributed by atoms with Crippen molar-refractivity contribution in [1.82, 2.24) is 5.32 Å². The quantitative estimate of drug-likeness (QED) is 0.926. The van der Waals surface area contributed by atoms with E-state index >= 15 is 0 Å². The fourth-order valence-corrected chi connectivity index (χ4v) is 3.61. The van der Waals surface area contributed by atoms with Gasteiger partial charge in [-0.15, -0.1) is 0 Å². The smallest absolute Gasteiger partial charge is 0.175 e. The Morgan fingerprint density at radius 3 is 2.60 bits per heavy atom. The van der Waals surface area contributed by atoms with Gasteiger partial charge in [-0.1, -0.05) is 17.7 Å². The van der Waals surface area contributed by atoms with E-state index in [0.717, 1.165) is 26.1 Å². The summed E-state index contributed by atoms with van der Waals surface area (Å²) in [6, 6.07) is 4.99. The Labute approximate surface area is 125 Å². The molecule has 1 fully saturated rings. The Kier molecular flexibility index (Phi) is 4.74. The van der Waals surface area contributed by atoms with E-state index in [4.69, 9.17) is 16.3 Å².